The largest absolute Gasteiger partial charge is 0.456 e. The Morgan fingerprint density at radius 1 is 1.19 bits per heavy atom. The molecule has 2 aromatic carbocycles. The average Bonchev–Trinajstić information content (AvgIpc) is 3.08. The Morgan fingerprint density at radius 3 is 2.77 bits per heavy atom. The van der Waals surface area contributed by atoms with E-state index in [4.69, 9.17) is 20.9 Å². The summed E-state index contributed by atoms with van der Waals surface area (Å²) in [5.41, 5.74) is 1.04. The fourth-order valence-electron chi connectivity index (χ4n) is 2.16. The third-order valence-corrected chi connectivity index (χ3v) is 3.77. The molecule has 26 heavy (non-hydrogen) atoms. The maximum absolute atomic E-state index is 13.7. The summed E-state index contributed by atoms with van der Waals surface area (Å²) < 4.78 is 36.7. The summed E-state index contributed by atoms with van der Waals surface area (Å²) in [6.45, 7) is -0.155. The molecule has 0 aliphatic carbocycles. The smallest absolute Gasteiger partial charge is 0.331 e. The van der Waals surface area contributed by atoms with E-state index in [9.17, 15) is 13.6 Å². The van der Waals surface area contributed by atoms with Crippen LogP contribution in [-0.4, -0.2) is 11.1 Å². The first-order chi connectivity index (χ1) is 12.5. The minimum atomic E-state index is -0.771. The lowest BCUT2D eigenvalue weighted by Crippen LogP contribution is -2.00. The normalized spacial score (nSPS) is 11.0. The first-order valence-corrected chi connectivity index (χ1v) is 7.91. The molecule has 1 aromatic heterocycles. The highest BCUT2D eigenvalue weighted by Gasteiger charge is 2.13. The zero-order chi connectivity index (χ0) is 18.5. The predicted octanol–water partition coefficient (Wildman–Crippen LogP) is 5.03. The molecule has 0 aliphatic heterocycles. The molecule has 0 spiro atoms. The molecule has 0 saturated heterocycles. The number of aromatic nitrogens is 1. The molecule has 3 aromatic rings. The van der Waals surface area contributed by atoms with Gasteiger partial charge in [-0.05, 0) is 29.8 Å². The van der Waals surface area contributed by atoms with E-state index >= 15 is 0 Å². The van der Waals surface area contributed by atoms with Crippen molar-refractivity contribution in [3.8, 4) is 11.3 Å². The first-order valence-electron chi connectivity index (χ1n) is 7.53. The summed E-state index contributed by atoms with van der Waals surface area (Å²) in [6, 6.07) is 11.6. The van der Waals surface area contributed by atoms with Gasteiger partial charge in [-0.25, -0.2) is 13.6 Å². The summed E-state index contributed by atoms with van der Waals surface area (Å²) >= 11 is 5.98. The standard InChI is InChI=1S/C19H12ClF2NO3/c20-16-4-2-1-3-12(16)5-8-19(24)25-11-14-10-18(26-23-14)15-7-6-13(21)9-17(15)22/h1-10H,11H2/b8-5+. The molecule has 0 bridgehead atoms. The van der Waals surface area contributed by atoms with E-state index < -0.39 is 17.6 Å². The van der Waals surface area contributed by atoms with E-state index in [1.165, 1.54) is 24.3 Å². The summed E-state index contributed by atoms with van der Waals surface area (Å²) in [7, 11) is 0. The van der Waals surface area contributed by atoms with Gasteiger partial charge in [0, 0.05) is 23.2 Å². The van der Waals surface area contributed by atoms with Gasteiger partial charge in [-0.3, -0.25) is 0 Å². The van der Waals surface area contributed by atoms with Crippen molar-refractivity contribution in [1.29, 1.82) is 0 Å². The number of hydrogen-bond acceptors (Lipinski definition) is 4. The maximum atomic E-state index is 13.7. The molecule has 132 valence electrons. The van der Waals surface area contributed by atoms with Crippen LogP contribution < -0.4 is 0 Å². The van der Waals surface area contributed by atoms with Crippen molar-refractivity contribution in [3.63, 3.8) is 0 Å². The van der Waals surface area contributed by atoms with Gasteiger partial charge < -0.3 is 9.26 Å². The number of halogens is 3. The van der Waals surface area contributed by atoms with Gasteiger partial charge in [0.25, 0.3) is 0 Å². The molecule has 4 nitrogen and oxygen atoms in total. The van der Waals surface area contributed by atoms with Crippen molar-refractivity contribution in [2.24, 2.45) is 0 Å². The van der Waals surface area contributed by atoms with Crippen LogP contribution in [0.2, 0.25) is 5.02 Å². The second-order valence-electron chi connectivity index (χ2n) is 5.27. The number of esters is 1. The molecule has 0 unspecified atom stereocenters. The molecule has 3 rings (SSSR count). The van der Waals surface area contributed by atoms with Crippen molar-refractivity contribution in [1.82, 2.24) is 5.16 Å². The van der Waals surface area contributed by atoms with Crippen LogP contribution in [0.25, 0.3) is 17.4 Å². The Kier molecular flexibility index (Phi) is 5.43. The number of nitrogens with zero attached hydrogens (tertiary/aromatic N) is 1. The number of hydrogen-bond donors (Lipinski definition) is 0. The quantitative estimate of drug-likeness (QED) is 0.463. The maximum Gasteiger partial charge on any atom is 0.331 e. The van der Waals surface area contributed by atoms with Gasteiger partial charge in [0.2, 0.25) is 0 Å². The third-order valence-electron chi connectivity index (χ3n) is 3.42. The lowest BCUT2D eigenvalue weighted by atomic mass is 10.1. The number of ether oxygens (including phenoxy) is 1. The van der Waals surface area contributed by atoms with Gasteiger partial charge in [-0.1, -0.05) is 35.0 Å². The first kappa shape index (κ1) is 17.8. The van der Waals surface area contributed by atoms with Crippen molar-refractivity contribution in [2.45, 2.75) is 6.61 Å². The fraction of sp³-hybridized carbons (Fsp3) is 0.0526. The highest BCUT2D eigenvalue weighted by molar-refractivity contribution is 6.32. The molecule has 0 saturated carbocycles. The lowest BCUT2D eigenvalue weighted by molar-refractivity contribution is -0.139. The molecule has 0 amide bonds. The van der Waals surface area contributed by atoms with Crippen molar-refractivity contribution >= 4 is 23.6 Å². The summed E-state index contributed by atoms with van der Waals surface area (Å²) in [6.07, 6.45) is 2.77. The summed E-state index contributed by atoms with van der Waals surface area (Å²) in [4.78, 5) is 11.8. The third kappa shape index (κ3) is 4.34. The predicted molar refractivity (Wildman–Crippen MR) is 92.1 cm³/mol. The van der Waals surface area contributed by atoms with Crippen molar-refractivity contribution < 1.29 is 22.8 Å². The monoisotopic (exact) mass is 375 g/mol. The number of carbonyl (C=O) groups excluding carboxylic acids is 1. The second kappa shape index (κ2) is 7.93. The van der Waals surface area contributed by atoms with E-state index in [0.717, 1.165) is 12.1 Å². The molecule has 0 radical (unpaired) electrons. The van der Waals surface area contributed by atoms with Crippen LogP contribution in [0.15, 0.2) is 59.1 Å². The van der Waals surface area contributed by atoms with E-state index in [0.29, 0.717) is 16.3 Å². The molecule has 0 atom stereocenters. The van der Waals surface area contributed by atoms with Crippen LogP contribution in [0.5, 0.6) is 0 Å². The van der Waals surface area contributed by atoms with Gasteiger partial charge in [-0.2, -0.15) is 0 Å². The molecule has 0 aliphatic rings. The summed E-state index contributed by atoms with van der Waals surface area (Å²) in [5, 5.41) is 4.22. The average molecular weight is 376 g/mol. The van der Waals surface area contributed by atoms with Crippen LogP contribution in [0, 0.1) is 11.6 Å². The Balaban J connectivity index is 1.61. The number of rotatable bonds is 5. The Hall–Kier alpha value is -2.99. The Morgan fingerprint density at radius 2 is 2.00 bits per heavy atom. The highest BCUT2D eigenvalue weighted by Crippen LogP contribution is 2.24. The number of benzene rings is 2. The molecule has 0 N–H and O–H groups in total. The van der Waals surface area contributed by atoms with Crippen LogP contribution in [0.1, 0.15) is 11.3 Å². The van der Waals surface area contributed by atoms with Crippen LogP contribution >= 0.6 is 11.6 Å². The molecular formula is C19H12ClF2NO3. The van der Waals surface area contributed by atoms with E-state index in [1.54, 1.807) is 24.3 Å². The Bertz CT molecular complexity index is 969. The lowest BCUT2D eigenvalue weighted by Gasteiger charge is -1.99. The topological polar surface area (TPSA) is 52.3 Å². The van der Waals surface area contributed by atoms with Crippen molar-refractivity contribution in [3.05, 3.63) is 82.5 Å². The zero-order valence-corrected chi connectivity index (χ0v) is 14.0. The van der Waals surface area contributed by atoms with Crippen LogP contribution in [0.4, 0.5) is 8.78 Å². The van der Waals surface area contributed by atoms with Crippen LogP contribution in [0.3, 0.4) is 0 Å². The van der Waals surface area contributed by atoms with Crippen LogP contribution in [-0.2, 0) is 16.1 Å². The zero-order valence-electron chi connectivity index (χ0n) is 13.3. The van der Waals surface area contributed by atoms with Gasteiger partial charge in [0.05, 0.1) is 5.56 Å². The van der Waals surface area contributed by atoms with Gasteiger partial charge in [0.15, 0.2) is 5.76 Å². The van der Waals surface area contributed by atoms with E-state index in [1.807, 2.05) is 0 Å². The van der Waals surface area contributed by atoms with E-state index in [2.05, 4.69) is 5.16 Å². The molecule has 7 heteroatoms. The minimum Gasteiger partial charge on any atom is -0.456 e. The minimum absolute atomic E-state index is 0.0649. The second-order valence-corrected chi connectivity index (χ2v) is 5.68. The molecular weight excluding hydrogens is 364 g/mol. The van der Waals surface area contributed by atoms with Gasteiger partial charge in [0.1, 0.15) is 23.9 Å². The van der Waals surface area contributed by atoms with Gasteiger partial charge >= 0.3 is 5.97 Å². The van der Waals surface area contributed by atoms with E-state index in [-0.39, 0.29) is 17.9 Å². The highest BCUT2D eigenvalue weighted by atomic mass is 35.5. The SMILES string of the molecule is O=C(/C=C/c1ccccc1Cl)OCc1cc(-c2ccc(F)cc2F)on1. The molecule has 1 heterocycles. The van der Waals surface area contributed by atoms with Crippen molar-refractivity contribution in [2.75, 3.05) is 0 Å². The Labute approximate surface area is 152 Å². The summed E-state index contributed by atoms with van der Waals surface area (Å²) in [5.74, 6) is -1.94. The van der Waals surface area contributed by atoms with Gasteiger partial charge in [-0.15, -0.1) is 0 Å². The molecule has 0 fully saturated rings. The number of carbonyl (C=O) groups is 1. The fourth-order valence-corrected chi connectivity index (χ4v) is 2.36.